The molecule has 1 N–H and O–H groups in total. The summed E-state index contributed by atoms with van der Waals surface area (Å²) in [7, 11) is 0. The lowest BCUT2D eigenvalue weighted by Gasteiger charge is -2.10. The number of hydrogen-bond acceptors (Lipinski definition) is 3. The number of carbonyl (C=O) groups is 1. The molecule has 1 aromatic carbocycles. The summed E-state index contributed by atoms with van der Waals surface area (Å²) in [5, 5.41) is 8.60. The Hall–Kier alpha value is -1.42. The molecule has 0 aromatic heterocycles. The van der Waals surface area contributed by atoms with Crippen molar-refractivity contribution >= 4 is 5.78 Å². The number of rotatable bonds is 4. The van der Waals surface area contributed by atoms with E-state index in [0.29, 0.717) is 11.3 Å². The molecule has 0 atom stereocenters. The average molecular weight is 212 g/mol. The van der Waals surface area contributed by atoms with E-state index < -0.39 is 5.82 Å². The van der Waals surface area contributed by atoms with Crippen LogP contribution in [-0.4, -0.2) is 24.1 Å². The number of ketones is 1. The summed E-state index contributed by atoms with van der Waals surface area (Å²) in [6.07, 6.45) is 0. The standard InChI is InChI=1S/C11H13FO3/c1-7-5-11(15-4-3-13)9(8(2)14)6-10(7)12/h5-6,13H,3-4H2,1-2H3. The van der Waals surface area contributed by atoms with Crippen molar-refractivity contribution in [3.8, 4) is 5.75 Å². The number of aryl methyl sites for hydroxylation is 1. The van der Waals surface area contributed by atoms with Crippen molar-refractivity contribution in [2.75, 3.05) is 13.2 Å². The molecule has 0 spiro atoms. The van der Waals surface area contributed by atoms with Crippen molar-refractivity contribution < 1.29 is 19.0 Å². The van der Waals surface area contributed by atoms with Crippen LogP contribution in [0.2, 0.25) is 0 Å². The predicted molar refractivity (Wildman–Crippen MR) is 53.7 cm³/mol. The zero-order valence-electron chi connectivity index (χ0n) is 8.71. The maximum Gasteiger partial charge on any atom is 0.163 e. The van der Waals surface area contributed by atoms with Crippen molar-refractivity contribution in [3.63, 3.8) is 0 Å². The zero-order valence-corrected chi connectivity index (χ0v) is 8.71. The SMILES string of the molecule is CC(=O)c1cc(F)c(C)cc1OCCO. The van der Waals surface area contributed by atoms with Gasteiger partial charge in [0.2, 0.25) is 0 Å². The van der Waals surface area contributed by atoms with Gasteiger partial charge in [-0.2, -0.15) is 0 Å². The Balaban J connectivity index is 3.10. The maximum atomic E-state index is 13.2. The molecular formula is C11H13FO3. The Morgan fingerprint density at radius 2 is 2.20 bits per heavy atom. The Morgan fingerprint density at radius 3 is 2.73 bits per heavy atom. The number of hydrogen-bond donors (Lipinski definition) is 1. The molecule has 0 heterocycles. The third kappa shape index (κ3) is 2.76. The first-order chi connectivity index (χ1) is 7.06. The van der Waals surface area contributed by atoms with Crippen LogP contribution < -0.4 is 4.74 Å². The predicted octanol–water partition coefficient (Wildman–Crippen LogP) is 1.71. The number of aliphatic hydroxyl groups is 1. The number of Topliss-reactive ketones (excluding diaryl/α,β-unsaturated/α-hetero) is 1. The van der Waals surface area contributed by atoms with Crippen LogP contribution in [0, 0.1) is 12.7 Å². The molecule has 15 heavy (non-hydrogen) atoms. The number of carbonyl (C=O) groups excluding carboxylic acids is 1. The molecule has 0 fully saturated rings. The van der Waals surface area contributed by atoms with Crippen molar-refractivity contribution in [1.82, 2.24) is 0 Å². The van der Waals surface area contributed by atoms with Gasteiger partial charge in [0.1, 0.15) is 18.2 Å². The van der Waals surface area contributed by atoms with Crippen molar-refractivity contribution in [1.29, 1.82) is 0 Å². The molecule has 1 rings (SSSR count). The van der Waals surface area contributed by atoms with Gasteiger partial charge in [-0.1, -0.05) is 0 Å². The topological polar surface area (TPSA) is 46.5 Å². The highest BCUT2D eigenvalue weighted by molar-refractivity contribution is 5.96. The lowest BCUT2D eigenvalue weighted by Crippen LogP contribution is -2.06. The van der Waals surface area contributed by atoms with E-state index in [4.69, 9.17) is 9.84 Å². The zero-order chi connectivity index (χ0) is 11.4. The van der Waals surface area contributed by atoms with E-state index in [2.05, 4.69) is 0 Å². The van der Waals surface area contributed by atoms with Gasteiger partial charge in [-0.25, -0.2) is 4.39 Å². The van der Waals surface area contributed by atoms with E-state index in [0.717, 1.165) is 6.07 Å². The van der Waals surface area contributed by atoms with E-state index in [-0.39, 0.29) is 24.6 Å². The first-order valence-electron chi connectivity index (χ1n) is 4.61. The second kappa shape index (κ2) is 4.89. The second-order valence-electron chi connectivity index (χ2n) is 3.23. The van der Waals surface area contributed by atoms with Crippen LogP contribution in [0.3, 0.4) is 0 Å². The van der Waals surface area contributed by atoms with Gasteiger partial charge in [-0.3, -0.25) is 4.79 Å². The fraction of sp³-hybridized carbons (Fsp3) is 0.364. The van der Waals surface area contributed by atoms with E-state index in [1.165, 1.54) is 13.0 Å². The Labute approximate surface area is 87.5 Å². The van der Waals surface area contributed by atoms with Crippen LogP contribution >= 0.6 is 0 Å². The molecule has 0 aliphatic rings. The van der Waals surface area contributed by atoms with Gasteiger partial charge < -0.3 is 9.84 Å². The van der Waals surface area contributed by atoms with E-state index in [1.807, 2.05) is 0 Å². The fourth-order valence-corrected chi connectivity index (χ4v) is 1.21. The molecule has 0 amide bonds. The number of aliphatic hydroxyl groups excluding tert-OH is 1. The van der Waals surface area contributed by atoms with Crippen molar-refractivity contribution in [2.45, 2.75) is 13.8 Å². The highest BCUT2D eigenvalue weighted by atomic mass is 19.1. The molecule has 1 aromatic rings. The lowest BCUT2D eigenvalue weighted by molar-refractivity contribution is 0.101. The molecule has 3 nitrogen and oxygen atoms in total. The number of halogens is 1. The molecule has 0 aliphatic carbocycles. The summed E-state index contributed by atoms with van der Waals surface area (Å²) < 4.78 is 18.3. The molecule has 0 bridgehead atoms. The van der Waals surface area contributed by atoms with Gasteiger partial charge in [0.25, 0.3) is 0 Å². The largest absolute Gasteiger partial charge is 0.490 e. The Morgan fingerprint density at radius 1 is 1.53 bits per heavy atom. The highest BCUT2D eigenvalue weighted by Crippen LogP contribution is 2.23. The van der Waals surface area contributed by atoms with Crippen LogP contribution in [0.4, 0.5) is 4.39 Å². The quantitative estimate of drug-likeness (QED) is 0.773. The summed E-state index contributed by atoms with van der Waals surface area (Å²) in [6.45, 7) is 2.88. The van der Waals surface area contributed by atoms with Crippen LogP contribution in [0.25, 0.3) is 0 Å². The smallest absolute Gasteiger partial charge is 0.163 e. The Kier molecular flexibility index (Phi) is 3.80. The van der Waals surface area contributed by atoms with E-state index >= 15 is 0 Å². The normalized spacial score (nSPS) is 10.1. The molecule has 4 heteroatoms. The molecule has 0 radical (unpaired) electrons. The molecule has 0 saturated heterocycles. The van der Waals surface area contributed by atoms with Gasteiger partial charge in [-0.05, 0) is 31.5 Å². The van der Waals surface area contributed by atoms with Crippen molar-refractivity contribution in [3.05, 3.63) is 29.1 Å². The van der Waals surface area contributed by atoms with Crippen molar-refractivity contribution in [2.24, 2.45) is 0 Å². The fourth-order valence-electron chi connectivity index (χ4n) is 1.21. The Bertz CT molecular complexity index is 374. The molecule has 0 aliphatic heterocycles. The minimum Gasteiger partial charge on any atom is -0.490 e. The van der Waals surface area contributed by atoms with E-state index in [9.17, 15) is 9.18 Å². The van der Waals surface area contributed by atoms with Crippen LogP contribution in [0.5, 0.6) is 5.75 Å². The molecule has 0 unspecified atom stereocenters. The minimum atomic E-state index is -0.434. The minimum absolute atomic E-state index is 0.0886. The molecular weight excluding hydrogens is 199 g/mol. The summed E-state index contributed by atoms with van der Waals surface area (Å²) in [6, 6.07) is 2.62. The van der Waals surface area contributed by atoms with Gasteiger partial charge in [0.15, 0.2) is 5.78 Å². The first kappa shape index (κ1) is 11.7. The first-order valence-corrected chi connectivity index (χ1v) is 4.61. The highest BCUT2D eigenvalue weighted by Gasteiger charge is 2.12. The van der Waals surface area contributed by atoms with Crippen LogP contribution in [0.15, 0.2) is 12.1 Å². The van der Waals surface area contributed by atoms with Crippen LogP contribution in [0.1, 0.15) is 22.8 Å². The molecule has 82 valence electrons. The third-order valence-corrected chi connectivity index (χ3v) is 1.99. The summed E-state index contributed by atoms with van der Waals surface area (Å²) >= 11 is 0. The van der Waals surface area contributed by atoms with Gasteiger partial charge >= 0.3 is 0 Å². The maximum absolute atomic E-state index is 13.2. The van der Waals surface area contributed by atoms with E-state index in [1.54, 1.807) is 6.92 Å². The van der Waals surface area contributed by atoms with Gasteiger partial charge in [0, 0.05) is 0 Å². The number of ether oxygens (including phenoxy) is 1. The summed E-state index contributed by atoms with van der Waals surface area (Å²) in [4.78, 5) is 11.2. The van der Waals surface area contributed by atoms with Gasteiger partial charge in [0.05, 0.1) is 12.2 Å². The summed E-state index contributed by atoms with van der Waals surface area (Å²) in [5.74, 6) is -0.381. The summed E-state index contributed by atoms with van der Waals surface area (Å²) in [5.41, 5.74) is 0.611. The third-order valence-electron chi connectivity index (χ3n) is 1.99. The monoisotopic (exact) mass is 212 g/mol. The van der Waals surface area contributed by atoms with Crippen LogP contribution in [-0.2, 0) is 0 Å². The lowest BCUT2D eigenvalue weighted by atomic mass is 10.1. The molecule has 0 saturated carbocycles. The number of benzene rings is 1. The second-order valence-corrected chi connectivity index (χ2v) is 3.23. The van der Waals surface area contributed by atoms with Gasteiger partial charge in [-0.15, -0.1) is 0 Å². The average Bonchev–Trinajstić information content (AvgIpc) is 2.19.